The van der Waals surface area contributed by atoms with Gasteiger partial charge in [-0.05, 0) is 43.2 Å². The fraction of sp³-hybridized carbons (Fsp3) is 0.667. The third-order valence-corrected chi connectivity index (χ3v) is 6.76. The van der Waals surface area contributed by atoms with Crippen molar-refractivity contribution in [2.75, 3.05) is 33.9 Å². The van der Waals surface area contributed by atoms with Gasteiger partial charge in [0.1, 0.15) is 0 Å². The molecular weight excluding hydrogens is 328 g/mol. The van der Waals surface area contributed by atoms with Crippen LogP contribution in [0, 0.1) is 0 Å². The van der Waals surface area contributed by atoms with E-state index < -0.39 is 0 Å². The Morgan fingerprint density at radius 3 is 2.77 bits per heavy atom. The molecule has 0 spiro atoms. The van der Waals surface area contributed by atoms with Crippen molar-refractivity contribution < 1.29 is 14.3 Å². The van der Waals surface area contributed by atoms with E-state index in [9.17, 15) is 4.79 Å². The molecule has 0 bridgehead atoms. The quantitative estimate of drug-likeness (QED) is 0.828. The number of likely N-dealkylation sites (tertiary alicyclic amines) is 1. The maximum absolute atomic E-state index is 13.1. The third kappa shape index (κ3) is 3.17. The zero-order valence-corrected chi connectivity index (χ0v) is 15.9. The van der Waals surface area contributed by atoms with Crippen molar-refractivity contribution in [1.29, 1.82) is 0 Å². The molecule has 1 aromatic carbocycles. The highest BCUT2D eigenvalue weighted by Crippen LogP contribution is 2.43. The Hall–Kier alpha value is -1.43. The van der Waals surface area contributed by atoms with Crippen molar-refractivity contribution >= 4 is 5.91 Å². The Labute approximate surface area is 156 Å². The van der Waals surface area contributed by atoms with Crippen molar-refractivity contribution in [3.05, 3.63) is 35.4 Å². The van der Waals surface area contributed by atoms with E-state index in [1.165, 1.54) is 11.1 Å². The molecule has 0 radical (unpaired) electrons. The molecule has 26 heavy (non-hydrogen) atoms. The molecular formula is C21H30N2O3. The first-order valence-electron chi connectivity index (χ1n) is 9.82. The van der Waals surface area contributed by atoms with Crippen LogP contribution in [0.3, 0.4) is 0 Å². The number of methoxy groups -OCH3 is 2. The number of ether oxygens (including phenoxy) is 2. The fourth-order valence-electron chi connectivity index (χ4n) is 5.15. The summed E-state index contributed by atoms with van der Waals surface area (Å²) in [6.07, 6.45) is 5.09. The predicted molar refractivity (Wildman–Crippen MR) is 99.9 cm³/mol. The van der Waals surface area contributed by atoms with Crippen LogP contribution in [0.5, 0.6) is 0 Å². The van der Waals surface area contributed by atoms with Crippen LogP contribution < -0.4 is 0 Å². The first-order valence-corrected chi connectivity index (χ1v) is 9.82. The summed E-state index contributed by atoms with van der Waals surface area (Å²) in [6.45, 7) is 3.13. The molecule has 1 amide bonds. The second-order valence-electron chi connectivity index (χ2n) is 7.98. The number of carbonyl (C=O) groups excluding carboxylic acids is 1. The van der Waals surface area contributed by atoms with Crippen LogP contribution in [0.15, 0.2) is 24.3 Å². The maximum Gasteiger partial charge on any atom is 0.237 e. The van der Waals surface area contributed by atoms with E-state index in [-0.39, 0.29) is 23.7 Å². The van der Waals surface area contributed by atoms with Crippen molar-refractivity contribution in [2.45, 2.75) is 56.4 Å². The minimum absolute atomic E-state index is 0.149. The predicted octanol–water partition coefficient (Wildman–Crippen LogP) is 2.23. The molecule has 1 saturated heterocycles. The fourth-order valence-corrected chi connectivity index (χ4v) is 5.15. The summed E-state index contributed by atoms with van der Waals surface area (Å²) in [5.74, 6) is 0.241. The first kappa shape index (κ1) is 18.0. The zero-order valence-electron chi connectivity index (χ0n) is 15.9. The summed E-state index contributed by atoms with van der Waals surface area (Å²) < 4.78 is 11.6. The van der Waals surface area contributed by atoms with E-state index in [0.717, 1.165) is 51.7 Å². The van der Waals surface area contributed by atoms with Crippen LogP contribution in [-0.2, 0) is 27.2 Å². The van der Waals surface area contributed by atoms with Crippen LogP contribution in [0.4, 0.5) is 0 Å². The summed E-state index contributed by atoms with van der Waals surface area (Å²) in [4.78, 5) is 17.5. The Morgan fingerprint density at radius 1 is 1.19 bits per heavy atom. The molecule has 4 rings (SSSR count). The van der Waals surface area contributed by atoms with Crippen LogP contribution in [0.1, 0.15) is 36.8 Å². The molecule has 2 fully saturated rings. The minimum atomic E-state index is -0.167. The molecule has 3 aliphatic rings. The lowest BCUT2D eigenvalue weighted by molar-refractivity contribution is -0.142. The van der Waals surface area contributed by atoms with E-state index in [1.807, 2.05) is 0 Å². The minimum Gasteiger partial charge on any atom is -0.381 e. The Balaban J connectivity index is 1.43. The molecule has 1 aromatic rings. The second-order valence-corrected chi connectivity index (χ2v) is 7.98. The first-order chi connectivity index (χ1) is 12.6. The lowest BCUT2D eigenvalue weighted by Crippen LogP contribution is -2.54. The molecule has 0 unspecified atom stereocenters. The summed E-state index contributed by atoms with van der Waals surface area (Å²) in [7, 11) is 3.58. The lowest BCUT2D eigenvalue weighted by atomic mass is 9.79. The Morgan fingerprint density at radius 2 is 2.00 bits per heavy atom. The number of hydrogen-bond acceptors (Lipinski definition) is 4. The Bertz CT molecular complexity index is 664. The smallest absolute Gasteiger partial charge is 0.237 e. The van der Waals surface area contributed by atoms with Crippen LogP contribution in [-0.4, -0.2) is 67.3 Å². The van der Waals surface area contributed by atoms with Gasteiger partial charge in [-0.3, -0.25) is 9.69 Å². The molecule has 0 N–H and O–H groups in total. The topological polar surface area (TPSA) is 42.0 Å². The summed E-state index contributed by atoms with van der Waals surface area (Å²) in [6, 6.07) is 8.72. The Kier molecular flexibility index (Phi) is 5.04. The monoisotopic (exact) mass is 358 g/mol. The number of benzene rings is 1. The van der Waals surface area contributed by atoms with E-state index >= 15 is 0 Å². The normalized spacial score (nSPS) is 31.5. The maximum atomic E-state index is 13.1. The zero-order chi connectivity index (χ0) is 18.1. The highest BCUT2D eigenvalue weighted by molar-refractivity contribution is 5.79. The van der Waals surface area contributed by atoms with Gasteiger partial charge < -0.3 is 14.4 Å². The van der Waals surface area contributed by atoms with Gasteiger partial charge in [0.25, 0.3) is 0 Å². The van der Waals surface area contributed by atoms with Gasteiger partial charge in [0.2, 0.25) is 5.91 Å². The van der Waals surface area contributed by atoms with Gasteiger partial charge in [0.15, 0.2) is 0 Å². The number of nitrogens with zero attached hydrogens (tertiary/aromatic N) is 2. The molecule has 5 nitrogen and oxygen atoms in total. The molecule has 0 aromatic heterocycles. The molecule has 3 atom stereocenters. The molecule has 1 aliphatic carbocycles. The number of hydrogen-bond donors (Lipinski definition) is 0. The molecule has 142 valence electrons. The number of rotatable bonds is 4. The summed E-state index contributed by atoms with van der Waals surface area (Å²) in [5.41, 5.74) is 2.61. The van der Waals surface area contributed by atoms with E-state index in [1.54, 1.807) is 14.2 Å². The van der Waals surface area contributed by atoms with E-state index in [4.69, 9.17) is 9.47 Å². The van der Waals surface area contributed by atoms with Crippen molar-refractivity contribution in [3.8, 4) is 0 Å². The highest BCUT2D eigenvalue weighted by Gasteiger charge is 2.52. The van der Waals surface area contributed by atoms with Crippen molar-refractivity contribution in [3.63, 3.8) is 0 Å². The van der Waals surface area contributed by atoms with Gasteiger partial charge in [-0.15, -0.1) is 0 Å². The second kappa shape index (κ2) is 7.29. The number of carbonyl (C=O) groups is 1. The lowest BCUT2D eigenvalue weighted by Gasteiger charge is -2.43. The van der Waals surface area contributed by atoms with Gasteiger partial charge in [0.05, 0.1) is 24.3 Å². The van der Waals surface area contributed by atoms with Gasteiger partial charge >= 0.3 is 0 Å². The molecule has 1 saturated carbocycles. The largest absolute Gasteiger partial charge is 0.381 e. The molecule has 5 heteroatoms. The molecule has 2 heterocycles. The number of fused-ring (bicyclic) bond motifs is 2. The SMILES string of the molecule is CO[C@H]1CC[C@@]2(OC)CCN(C(=O)CN3CCc4ccccc4C3)[C@H]2C1. The van der Waals surface area contributed by atoms with Crippen molar-refractivity contribution in [1.82, 2.24) is 9.80 Å². The van der Waals surface area contributed by atoms with Crippen LogP contribution in [0.2, 0.25) is 0 Å². The average Bonchev–Trinajstić information content (AvgIpc) is 3.07. The van der Waals surface area contributed by atoms with E-state index in [0.29, 0.717) is 6.54 Å². The van der Waals surface area contributed by atoms with Crippen LogP contribution >= 0.6 is 0 Å². The third-order valence-electron chi connectivity index (χ3n) is 6.76. The van der Waals surface area contributed by atoms with Crippen LogP contribution in [0.25, 0.3) is 0 Å². The van der Waals surface area contributed by atoms with E-state index in [2.05, 4.69) is 34.1 Å². The summed E-state index contributed by atoms with van der Waals surface area (Å²) >= 11 is 0. The average molecular weight is 358 g/mol. The standard InChI is InChI=1S/C21H30N2O3/c1-25-18-7-9-21(26-2)10-12-23(19(21)13-18)20(24)15-22-11-8-16-5-3-4-6-17(16)14-22/h3-6,18-19H,7-15H2,1-2H3/t18-,19-,21+/m0/s1. The van der Waals surface area contributed by atoms with Gasteiger partial charge in [-0.25, -0.2) is 0 Å². The van der Waals surface area contributed by atoms with Gasteiger partial charge in [-0.2, -0.15) is 0 Å². The van der Waals surface area contributed by atoms with Gasteiger partial charge in [0, 0.05) is 33.9 Å². The highest BCUT2D eigenvalue weighted by atomic mass is 16.5. The van der Waals surface area contributed by atoms with Gasteiger partial charge in [-0.1, -0.05) is 24.3 Å². The summed E-state index contributed by atoms with van der Waals surface area (Å²) in [5, 5.41) is 0. The number of amides is 1. The van der Waals surface area contributed by atoms with Crippen molar-refractivity contribution in [2.24, 2.45) is 0 Å². The molecule has 2 aliphatic heterocycles.